The molecule has 1 aliphatic heterocycles. The lowest BCUT2D eigenvalue weighted by Crippen LogP contribution is -2.51. The first-order chi connectivity index (χ1) is 15.0. The minimum atomic E-state index is -0.0730. The van der Waals surface area contributed by atoms with Crippen molar-refractivity contribution >= 4 is 40.7 Å². The summed E-state index contributed by atoms with van der Waals surface area (Å²) in [5.41, 5.74) is 2.27. The highest BCUT2D eigenvalue weighted by Gasteiger charge is 2.54. The Morgan fingerprint density at radius 2 is 1.94 bits per heavy atom. The van der Waals surface area contributed by atoms with Crippen LogP contribution in [0, 0.1) is 23.2 Å². The zero-order valence-corrected chi connectivity index (χ0v) is 18.1. The van der Waals surface area contributed by atoms with Crippen LogP contribution in [0.2, 0.25) is 0 Å². The summed E-state index contributed by atoms with van der Waals surface area (Å²) < 4.78 is 0. The fraction of sp³-hybridized carbons (Fsp3) is 0.320. The van der Waals surface area contributed by atoms with Crippen molar-refractivity contribution in [1.29, 1.82) is 0 Å². The van der Waals surface area contributed by atoms with E-state index in [4.69, 9.17) is 0 Å². The predicted octanol–water partition coefficient (Wildman–Crippen LogP) is 4.52. The molecule has 0 saturated heterocycles. The lowest BCUT2D eigenvalue weighted by molar-refractivity contribution is -0.148. The molecule has 0 unspecified atom stereocenters. The summed E-state index contributed by atoms with van der Waals surface area (Å²) in [6.45, 7) is 2.07. The number of amides is 2. The third kappa shape index (κ3) is 3.53. The Morgan fingerprint density at radius 3 is 2.68 bits per heavy atom. The van der Waals surface area contributed by atoms with Gasteiger partial charge in [-0.15, -0.1) is 5.92 Å². The van der Waals surface area contributed by atoms with Gasteiger partial charge in [-0.3, -0.25) is 19.3 Å². The van der Waals surface area contributed by atoms with E-state index in [9.17, 15) is 14.4 Å². The molecule has 31 heavy (non-hydrogen) atoms. The number of hydrogen-bond acceptors (Lipinski definition) is 4. The van der Waals surface area contributed by atoms with Gasteiger partial charge >= 0.3 is 0 Å². The van der Waals surface area contributed by atoms with Gasteiger partial charge in [0.1, 0.15) is 5.78 Å². The van der Waals surface area contributed by atoms with Gasteiger partial charge in [-0.1, -0.05) is 29.8 Å². The molecule has 5 nitrogen and oxygen atoms in total. The van der Waals surface area contributed by atoms with Gasteiger partial charge in [0.2, 0.25) is 5.91 Å². The third-order valence-electron chi connectivity index (χ3n) is 6.39. The van der Waals surface area contributed by atoms with Crippen molar-refractivity contribution in [1.82, 2.24) is 0 Å². The highest BCUT2D eigenvalue weighted by atomic mass is 32.2. The molecule has 3 aliphatic rings. The lowest BCUT2D eigenvalue weighted by atomic mass is 9.51. The average Bonchev–Trinajstić information content (AvgIpc) is 2.82. The molecule has 2 aromatic carbocycles. The molecule has 2 saturated carbocycles. The molecular formula is C25H22N2O3S. The van der Waals surface area contributed by atoms with E-state index in [0.29, 0.717) is 30.7 Å². The summed E-state index contributed by atoms with van der Waals surface area (Å²) in [4.78, 5) is 40.7. The molecule has 2 aliphatic carbocycles. The van der Waals surface area contributed by atoms with E-state index in [-0.39, 0.29) is 23.1 Å². The van der Waals surface area contributed by atoms with E-state index in [2.05, 4.69) is 17.2 Å². The Balaban J connectivity index is 1.39. The number of Topliss-reactive ketones (excluding diaryl/α,β-unsaturated/α-hetero) is 1. The van der Waals surface area contributed by atoms with Crippen LogP contribution in [-0.2, 0) is 9.59 Å². The zero-order chi connectivity index (χ0) is 21.6. The van der Waals surface area contributed by atoms with Crippen LogP contribution in [0.4, 0.5) is 11.4 Å². The van der Waals surface area contributed by atoms with Crippen LogP contribution in [0.3, 0.4) is 0 Å². The quantitative estimate of drug-likeness (QED) is 0.727. The van der Waals surface area contributed by atoms with Crippen molar-refractivity contribution in [3.63, 3.8) is 0 Å². The second-order valence-corrected chi connectivity index (χ2v) is 9.67. The van der Waals surface area contributed by atoms with E-state index >= 15 is 0 Å². The van der Waals surface area contributed by atoms with Gasteiger partial charge in [-0.05, 0) is 55.5 Å². The van der Waals surface area contributed by atoms with Gasteiger partial charge in [0.15, 0.2) is 0 Å². The number of fused-ring (bicyclic) bond motifs is 2. The van der Waals surface area contributed by atoms with Crippen molar-refractivity contribution < 1.29 is 14.4 Å². The summed E-state index contributed by atoms with van der Waals surface area (Å²) in [7, 11) is 0. The van der Waals surface area contributed by atoms with E-state index in [1.807, 2.05) is 42.5 Å². The Labute approximate surface area is 185 Å². The van der Waals surface area contributed by atoms with Crippen molar-refractivity contribution in [2.75, 3.05) is 16.8 Å². The van der Waals surface area contributed by atoms with Gasteiger partial charge in [-0.2, -0.15) is 0 Å². The van der Waals surface area contributed by atoms with Gasteiger partial charge < -0.3 is 5.32 Å². The number of nitrogens with one attached hydrogen (secondary N) is 1. The van der Waals surface area contributed by atoms with Crippen molar-refractivity contribution in [2.24, 2.45) is 11.3 Å². The standard InChI is InChI=1S/C25H22N2O3S/c1-2-3-10-27-20-9-8-17(26-23(29)16-12-25(13-16)14-18(28)15-25)11-22(20)31-21-7-5-4-6-19(21)24(27)30/h4-9,11,16H,10,12-15H2,1H3,(H,26,29). The SMILES string of the molecule is CC#CCN1C(=O)c2ccccc2Sc2cc(NC(=O)C3CC4(CC(=O)C4)C3)ccc21. The Hall–Kier alpha value is -3.04. The first-order valence-corrected chi connectivity index (χ1v) is 11.2. The number of hydrogen-bond donors (Lipinski definition) is 1. The maximum Gasteiger partial charge on any atom is 0.260 e. The monoisotopic (exact) mass is 430 g/mol. The summed E-state index contributed by atoms with van der Waals surface area (Å²) >= 11 is 1.53. The average molecular weight is 431 g/mol. The van der Waals surface area contributed by atoms with Crippen LogP contribution < -0.4 is 10.2 Å². The molecule has 6 heteroatoms. The van der Waals surface area contributed by atoms with Gasteiger partial charge in [0, 0.05) is 34.2 Å². The van der Waals surface area contributed by atoms with Crippen LogP contribution in [0.1, 0.15) is 43.0 Å². The summed E-state index contributed by atoms with van der Waals surface area (Å²) in [5, 5.41) is 3.04. The molecule has 0 radical (unpaired) electrons. The molecule has 2 fully saturated rings. The minimum Gasteiger partial charge on any atom is -0.326 e. The first kappa shape index (κ1) is 19.9. The second kappa shape index (κ2) is 7.58. The molecule has 2 amide bonds. The topological polar surface area (TPSA) is 66.5 Å². The molecule has 156 valence electrons. The largest absolute Gasteiger partial charge is 0.326 e. The molecule has 2 aromatic rings. The van der Waals surface area contributed by atoms with E-state index in [1.54, 1.807) is 11.8 Å². The van der Waals surface area contributed by atoms with Gasteiger partial charge in [0.05, 0.1) is 17.8 Å². The highest BCUT2D eigenvalue weighted by Crippen LogP contribution is 2.57. The number of ketones is 1. The van der Waals surface area contributed by atoms with E-state index in [1.165, 1.54) is 11.8 Å². The fourth-order valence-corrected chi connectivity index (χ4v) is 5.92. The van der Waals surface area contributed by atoms with Crippen molar-refractivity contribution in [3.05, 3.63) is 48.0 Å². The van der Waals surface area contributed by atoms with Crippen LogP contribution in [0.25, 0.3) is 0 Å². The van der Waals surface area contributed by atoms with Crippen LogP contribution in [0.15, 0.2) is 52.3 Å². The Bertz CT molecular complexity index is 1160. The molecule has 1 spiro atoms. The summed E-state index contributed by atoms with van der Waals surface area (Å²) in [6.07, 6.45) is 2.87. The minimum absolute atomic E-state index is 0.00808. The van der Waals surface area contributed by atoms with Crippen LogP contribution >= 0.6 is 11.8 Å². The predicted molar refractivity (Wildman–Crippen MR) is 120 cm³/mol. The molecular weight excluding hydrogens is 408 g/mol. The Morgan fingerprint density at radius 1 is 1.16 bits per heavy atom. The number of anilines is 2. The van der Waals surface area contributed by atoms with E-state index < -0.39 is 0 Å². The summed E-state index contributed by atoms with van der Waals surface area (Å²) in [5.74, 6) is 6.08. The molecule has 0 aromatic heterocycles. The summed E-state index contributed by atoms with van der Waals surface area (Å²) in [6, 6.07) is 13.2. The zero-order valence-electron chi connectivity index (χ0n) is 17.2. The Kier molecular flexibility index (Phi) is 4.86. The highest BCUT2D eigenvalue weighted by molar-refractivity contribution is 7.99. The smallest absolute Gasteiger partial charge is 0.260 e. The molecule has 0 bridgehead atoms. The maximum atomic E-state index is 13.2. The number of benzene rings is 2. The molecule has 1 heterocycles. The van der Waals surface area contributed by atoms with Crippen LogP contribution in [-0.4, -0.2) is 24.1 Å². The number of carbonyl (C=O) groups excluding carboxylic acids is 3. The van der Waals surface area contributed by atoms with Crippen LogP contribution in [0.5, 0.6) is 0 Å². The number of rotatable bonds is 3. The van der Waals surface area contributed by atoms with Crippen molar-refractivity contribution in [3.8, 4) is 11.8 Å². The number of carbonyl (C=O) groups is 3. The van der Waals surface area contributed by atoms with Gasteiger partial charge in [-0.25, -0.2) is 0 Å². The molecule has 1 N–H and O–H groups in total. The van der Waals surface area contributed by atoms with Gasteiger partial charge in [0.25, 0.3) is 5.91 Å². The second-order valence-electron chi connectivity index (χ2n) is 8.59. The first-order valence-electron chi connectivity index (χ1n) is 10.4. The lowest BCUT2D eigenvalue weighted by Gasteiger charge is -2.52. The fourth-order valence-electron chi connectivity index (χ4n) is 4.81. The third-order valence-corrected chi connectivity index (χ3v) is 7.51. The van der Waals surface area contributed by atoms with Crippen molar-refractivity contribution in [2.45, 2.75) is 42.4 Å². The normalized spacial score (nSPS) is 18.7. The maximum absolute atomic E-state index is 13.2. The molecule has 0 atom stereocenters. The molecule has 5 rings (SSSR count). The van der Waals surface area contributed by atoms with E-state index in [0.717, 1.165) is 34.0 Å². The number of nitrogens with zero attached hydrogens (tertiary/aromatic N) is 1.